The van der Waals surface area contributed by atoms with E-state index in [2.05, 4.69) is 229 Å². The molecular weight excluding hydrogens is 701 g/mol. The average molecular weight is 751 g/mol. The van der Waals surface area contributed by atoms with Gasteiger partial charge in [0.25, 0.3) is 0 Å². The Kier molecular flexibility index (Phi) is 14.6. The van der Waals surface area contributed by atoms with Gasteiger partial charge >= 0.3 is 0 Å². The van der Waals surface area contributed by atoms with E-state index in [1.54, 1.807) is 12.2 Å². The molecule has 8 aromatic rings. The number of allylic oxidation sites excluding steroid dienone is 6. The molecule has 0 unspecified atom stereocenters. The molecule has 0 amide bonds. The van der Waals surface area contributed by atoms with Crippen molar-refractivity contribution < 1.29 is 0 Å². The zero-order valence-corrected chi connectivity index (χ0v) is 33.4. The standard InChI is InChI=1S/C46H34N2.2C5H8/c1-4-12-35(13-5-1)38-20-25-42(26-21-38)47(43-27-22-39(23-28-43)36-14-6-2-7-15-36)44-30-32-45(33-31-44)48(41-18-8-3-9-19-41)46-29-24-37-16-10-11-17-40(37)34-46;2*1-3-5-4-2/h1-34H;2*3-5H,1H2,2H3/b;2*5-4-. The van der Waals surface area contributed by atoms with Crippen LogP contribution in [-0.4, -0.2) is 0 Å². The van der Waals surface area contributed by atoms with Gasteiger partial charge < -0.3 is 9.80 Å². The molecule has 284 valence electrons. The van der Waals surface area contributed by atoms with Crippen LogP contribution in [0.3, 0.4) is 0 Å². The van der Waals surface area contributed by atoms with Crippen molar-refractivity contribution in [2.24, 2.45) is 0 Å². The number of hydrogen-bond acceptors (Lipinski definition) is 2. The monoisotopic (exact) mass is 750 g/mol. The first kappa shape index (κ1) is 40.2. The van der Waals surface area contributed by atoms with Crippen LogP contribution in [0.15, 0.2) is 256 Å². The van der Waals surface area contributed by atoms with E-state index in [0.29, 0.717) is 0 Å². The first-order valence-electron chi connectivity index (χ1n) is 19.7. The molecule has 0 spiro atoms. The molecule has 0 saturated carbocycles. The lowest BCUT2D eigenvalue weighted by Gasteiger charge is -2.28. The van der Waals surface area contributed by atoms with Gasteiger partial charge in [-0.25, -0.2) is 0 Å². The van der Waals surface area contributed by atoms with Crippen molar-refractivity contribution in [3.63, 3.8) is 0 Å². The van der Waals surface area contributed by atoms with Crippen molar-refractivity contribution in [2.75, 3.05) is 9.80 Å². The van der Waals surface area contributed by atoms with Gasteiger partial charge in [-0.1, -0.05) is 183 Å². The lowest BCUT2D eigenvalue weighted by molar-refractivity contribution is 1.26. The third kappa shape index (κ3) is 10.5. The van der Waals surface area contributed by atoms with Crippen molar-refractivity contribution in [2.45, 2.75) is 13.8 Å². The summed E-state index contributed by atoms with van der Waals surface area (Å²) in [5.41, 5.74) is 11.4. The highest BCUT2D eigenvalue weighted by molar-refractivity contribution is 5.90. The van der Waals surface area contributed by atoms with E-state index >= 15 is 0 Å². The van der Waals surface area contributed by atoms with Gasteiger partial charge in [-0.15, -0.1) is 0 Å². The minimum Gasteiger partial charge on any atom is -0.311 e. The Labute approximate surface area is 345 Å². The fourth-order valence-electron chi connectivity index (χ4n) is 6.68. The van der Waals surface area contributed by atoms with Crippen molar-refractivity contribution in [3.8, 4) is 22.3 Å². The van der Waals surface area contributed by atoms with Crippen LogP contribution < -0.4 is 9.80 Å². The van der Waals surface area contributed by atoms with Gasteiger partial charge in [0.05, 0.1) is 0 Å². The number of rotatable bonds is 10. The molecule has 0 bridgehead atoms. The van der Waals surface area contributed by atoms with Crippen molar-refractivity contribution in [3.05, 3.63) is 256 Å². The van der Waals surface area contributed by atoms with Gasteiger partial charge in [0.1, 0.15) is 0 Å². The highest BCUT2D eigenvalue weighted by Crippen LogP contribution is 2.40. The molecule has 0 radical (unpaired) electrons. The fraction of sp³-hybridized carbons (Fsp3) is 0.0357. The van der Waals surface area contributed by atoms with E-state index in [0.717, 1.165) is 34.1 Å². The molecule has 0 aliphatic carbocycles. The van der Waals surface area contributed by atoms with Crippen LogP contribution >= 0.6 is 0 Å². The third-order valence-corrected chi connectivity index (χ3v) is 9.49. The Morgan fingerprint density at radius 3 is 1.02 bits per heavy atom. The summed E-state index contributed by atoms with van der Waals surface area (Å²) in [4.78, 5) is 4.65. The number of nitrogens with zero attached hydrogens (tertiary/aromatic N) is 2. The Hall–Kier alpha value is -7.42. The van der Waals surface area contributed by atoms with Crippen LogP contribution in [0.2, 0.25) is 0 Å². The largest absolute Gasteiger partial charge is 0.311 e. The average Bonchev–Trinajstić information content (AvgIpc) is 3.29. The minimum atomic E-state index is 1.09. The molecule has 0 fully saturated rings. The van der Waals surface area contributed by atoms with Crippen molar-refractivity contribution >= 4 is 44.9 Å². The van der Waals surface area contributed by atoms with Crippen LogP contribution in [0.5, 0.6) is 0 Å². The molecule has 2 nitrogen and oxygen atoms in total. The second-order valence-corrected chi connectivity index (χ2v) is 13.4. The molecule has 8 rings (SSSR count). The first-order chi connectivity index (χ1) is 28.6. The van der Waals surface area contributed by atoms with Crippen LogP contribution in [-0.2, 0) is 0 Å². The highest BCUT2D eigenvalue weighted by atomic mass is 15.2. The summed E-state index contributed by atoms with van der Waals surface area (Å²) in [6.07, 6.45) is 11.2. The Morgan fingerprint density at radius 1 is 0.310 bits per heavy atom. The van der Waals surface area contributed by atoms with Gasteiger partial charge in [0.2, 0.25) is 0 Å². The van der Waals surface area contributed by atoms with Crippen LogP contribution in [0.1, 0.15) is 13.8 Å². The van der Waals surface area contributed by atoms with E-state index in [-0.39, 0.29) is 0 Å². The Morgan fingerprint density at radius 2 is 0.621 bits per heavy atom. The van der Waals surface area contributed by atoms with Crippen molar-refractivity contribution in [1.82, 2.24) is 0 Å². The predicted octanol–water partition coefficient (Wildman–Crippen LogP) is 16.6. The van der Waals surface area contributed by atoms with E-state index in [4.69, 9.17) is 0 Å². The van der Waals surface area contributed by atoms with Gasteiger partial charge in [0.15, 0.2) is 0 Å². The van der Waals surface area contributed by atoms with E-state index in [1.165, 1.54) is 33.0 Å². The minimum absolute atomic E-state index is 1.09. The summed E-state index contributed by atoms with van der Waals surface area (Å²) < 4.78 is 0. The summed E-state index contributed by atoms with van der Waals surface area (Å²) in [6, 6.07) is 73.5. The molecule has 0 atom stereocenters. The maximum atomic E-state index is 3.46. The third-order valence-electron chi connectivity index (χ3n) is 9.49. The number of hydrogen-bond donors (Lipinski definition) is 0. The summed E-state index contributed by atoms with van der Waals surface area (Å²) in [5.74, 6) is 0. The molecule has 0 N–H and O–H groups in total. The number of fused-ring (bicyclic) bond motifs is 1. The van der Waals surface area contributed by atoms with Gasteiger partial charge in [-0.3, -0.25) is 0 Å². The second kappa shape index (κ2) is 21.0. The fourth-order valence-corrected chi connectivity index (χ4v) is 6.68. The Bertz CT molecular complexity index is 2420. The summed E-state index contributed by atoms with van der Waals surface area (Å²) in [5, 5.41) is 2.45. The molecule has 0 aromatic heterocycles. The topological polar surface area (TPSA) is 6.48 Å². The number of anilines is 6. The molecule has 0 saturated heterocycles. The van der Waals surface area contributed by atoms with Gasteiger partial charge in [0, 0.05) is 34.1 Å². The van der Waals surface area contributed by atoms with E-state index < -0.39 is 0 Å². The maximum absolute atomic E-state index is 3.46. The molecular formula is C56H50N2. The summed E-state index contributed by atoms with van der Waals surface area (Å²) in [7, 11) is 0. The smallest absolute Gasteiger partial charge is 0.0468 e. The Balaban J connectivity index is 0.000000509. The summed E-state index contributed by atoms with van der Waals surface area (Å²) in [6.45, 7) is 10.8. The van der Waals surface area contributed by atoms with E-state index in [9.17, 15) is 0 Å². The first-order valence-corrected chi connectivity index (χ1v) is 19.7. The zero-order chi connectivity index (χ0) is 40.4. The normalized spacial score (nSPS) is 10.6. The lowest BCUT2D eigenvalue weighted by Crippen LogP contribution is -2.12. The molecule has 2 heteroatoms. The van der Waals surface area contributed by atoms with Crippen molar-refractivity contribution in [1.29, 1.82) is 0 Å². The van der Waals surface area contributed by atoms with Gasteiger partial charge in [-0.2, -0.15) is 0 Å². The van der Waals surface area contributed by atoms with Gasteiger partial charge in [-0.05, 0) is 120 Å². The number of benzene rings is 8. The SMILES string of the molecule is C=C/C=C\C.C=C/C=C\C.c1ccc(-c2ccc(N(c3ccc(-c4ccccc4)cc3)c3ccc(N(c4ccccc4)c4ccc5ccccc5c4)cc3)cc2)cc1. The van der Waals surface area contributed by atoms with Crippen LogP contribution in [0, 0.1) is 0 Å². The highest BCUT2D eigenvalue weighted by Gasteiger charge is 2.17. The molecule has 0 aliphatic rings. The number of para-hydroxylation sites is 1. The van der Waals surface area contributed by atoms with Crippen LogP contribution in [0.4, 0.5) is 34.1 Å². The predicted molar refractivity (Wildman–Crippen MR) is 254 cm³/mol. The molecule has 0 aliphatic heterocycles. The summed E-state index contributed by atoms with van der Waals surface area (Å²) >= 11 is 0. The van der Waals surface area contributed by atoms with Crippen LogP contribution in [0.25, 0.3) is 33.0 Å². The second-order valence-electron chi connectivity index (χ2n) is 13.4. The molecule has 8 aromatic carbocycles. The maximum Gasteiger partial charge on any atom is 0.0468 e. The van der Waals surface area contributed by atoms with E-state index in [1.807, 2.05) is 38.2 Å². The zero-order valence-electron chi connectivity index (χ0n) is 33.4. The molecule has 58 heavy (non-hydrogen) atoms. The molecule has 0 heterocycles. The quantitative estimate of drug-likeness (QED) is 0.128. The lowest BCUT2D eigenvalue weighted by atomic mass is 10.0.